The number of pyridine rings is 1. The molecule has 0 N–H and O–H groups in total. The van der Waals surface area contributed by atoms with Gasteiger partial charge in [-0.1, -0.05) is 46.3 Å². The summed E-state index contributed by atoms with van der Waals surface area (Å²) < 4.78 is 17.7. The fourth-order valence-corrected chi connectivity index (χ4v) is 3.45. The Bertz CT molecular complexity index is 1120. The van der Waals surface area contributed by atoms with Gasteiger partial charge < -0.3 is 4.55 Å². The number of halogens is 1. The van der Waals surface area contributed by atoms with Gasteiger partial charge in [0.1, 0.15) is 44.0 Å². The molecule has 0 radical (unpaired) electrons. The van der Waals surface area contributed by atoms with Crippen molar-refractivity contribution >= 4 is 39.6 Å². The van der Waals surface area contributed by atoms with Crippen LogP contribution in [0.4, 0.5) is 0 Å². The Morgan fingerprint density at radius 3 is 2.46 bits per heavy atom. The SMILES string of the molecule is CC(=N[S@+]([O-])C(C)(C)C)c1nc(Cl)cc2c(=O)n(C)c(-c3ccccc3)nc12. The maximum atomic E-state index is 13.0. The molecule has 0 amide bonds. The number of rotatable bonds is 3. The van der Waals surface area contributed by atoms with Gasteiger partial charge in [0.05, 0.1) is 5.39 Å². The summed E-state index contributed by atoms with van der Waals surface area (Å²) >= 11 is 4.68. The van der Waals surface area contributed by atoms with Crippen molar-refractivity contribution in [1.82, 2.24) is 14.5 Å². The normalized spacial score (nSPS) is 13.8. The van der Waals surface area contributed by atoms with E-state index >= 15 is 0 Å². The van der Waals surface area contributed by atoms with Gasteiger partial charge in [0.2, 0.25) is 0 Å². The van der Waals surface area contributed by atoms with Crippen molar-refractivity contribution in [3.63, 3.8) is 0 Å². The van der Waals surface area contributed by atoms with E-state index in [0.29, 0.717) is 28.1 Å². The van der Waals surface area contributed by atoms with Crippen LogP contribution in [0.5, 0.6) is 0 Å². The molecule has 2 aromatic heterocycles. The molecule has 8 heteroatoms. The Hall–Kier alpha value is -2.22. The monoisotopic (exact) mass is 416 g/mol. The third-order valence-electron chi connectivity index (χ3n) is 4.15. The average molecular weight is 417 g/mol. The molecule has 0 spiro atoms. The van der Waals surface area contributed by atoms with Crippen molar-refractivity contribution in [1.29, 1.82) is 0 Å². The van der Waals surface area contributed by atoms with Gasteiger partial charge in [-0.2, -0.15) is 0 Å². The summed E-state index contributed by atoms with van der Waals surface area (Å²) in [5.74, 6) is 0.508. The Labute approximate surface area is 171 Å². The second-order valence-corrected chi connectivity index (χ2v) is 9.69. The van der Waals surface area contributed by atoms with Crippen molar-refractivity contribution < 1.29 is 4.55 Å². The van der Waals surface area contributed by atoms with Crippen molar-refractivity contribution in [2.75, 3.05) is 0 Å². The average Bonchev–Trinajstić information content (AvgIpc) is 2.64. The maximum Gasteiger partial charge on any atom is 0.261 e. The summed E-state index contributed by atoms with van der Waals surface area (Å²) in [6, 6.07) is 10.9. The molecule has 0 fully saturated rings. The lowest BCUT2D eigenvalue weighted by Gasteiger charge is -2.19. The topological polar surface area (TPSA) is 83.2 Å². The van der Waals surface area contributed by atoms with Crippen LogP contribution < -0.4 is 5.56 Å². The first kappa shape index (κ1) is 20.5. The summed E-state index contributed by atoms with van der Waals surface area (Å²) in [6.45, 7) is 7.21. The molecule has 1 atom stereocenters. The van der Waals surface area contributed by atoms with Crippen molar-refractivity contribution in [3.8, 4) is 11.4 Å². The largest absolute Gasteiger partial charge is 0.591 e. The third-order valence-corrected chi connectivity index (χ3v) is 5.83. The van der Waals surface area contributed by atoms with Crippen molar-refractivity contribution in [2.24, 2.45) is 11.4 Å². The number of nitrogens with zero attached hydrogens (tertiary/aromatic N) is 4. The quantitative estimate of drug-likeness (QED) is 0.368. The highest BCUT2D eigenvalue weighted by atomic mass is 35.5. The number of benzene rings is 1. The highest BCUT2D eigenvalue weighted by Gasteiger charge is 2.27. The van der Waals surface area contributed by atoms with Gasteiger partial charge in [0, 0.05) is 12.6 Å². The van der Waals surface area contributed by atoms with Crippen LogP contribution in [0.1, 0.15) is 33.4 Å². The lowest BCUT2D eigenvalue weighted by molar-refractivity contribution is 0.561. The van der Waals surface area contributed by atoms with E-state index in [4.69, 9.17) is 16.6 Å². The van der Waals surface area contributed by atoms with Gasteiger partial charge in [-0.25, -0.2) is 9.97 Å². The summed E-state index contributed by atoms with van der Waals surface area (Å²) in [7, 11) is 1.67. The zero-order valence-electron chi connectivity index (χ0n) is 16.4. The molecule has 0 unspecified atom stereocenters. The predicted octanol–water partition coefficient (Wildman–Crippen LogP) is 3.92. The zero-order valence-corrected chi connectivity index (χ0v) is 17.9. The second-order valence-electron chi connectivity index (χ2n) is 7.39. The number of hydrogen-bond acceptors (Lipinski definition) is 5. The minimum Gasteiger partial charge on any atom is -0.591 e. The zero-order chi connectivity index (χ0) is 20.6. The van der Waals surface area contributed by atoms with Crippen LogP contribution in [0.15, 0.2) is 45.6 Å². The minimum atomic E-state index is -1.47. The Balaban J connectivity index is 2.31. The summed E-state index contributed by atoms with van der Waals surface area (Å²) in [5, 5.41) is 0.498. The first-order chi connectivity index (χ1) is 13.1. The van der Waals surface area contributed by atoms with Gasteiger partial charge in [0.15, 0.2) is 0 Å². The van der Waals surface area contributed by atoms with Gasteiger partial charge in [-0.05, 0) is 33.8 Å². The molecular weight excluding hydrogens is 396 g/mol. The van der Waals surface area contributed by atoms with E-state index in [2.05, 4.69) is 9.38 Å². The molecule has 146 valence electrons. The van der Waals surface area contributed by atoms with Crippen LogP contribution in [0.25, 0.3) is 22.3 Å². The van der Waals surface area contributed by atoms with E-state index in [0.717, 1.165) is 5.56 Å². The highest BCUT2D eigenvalue weighted by Crippen LogP contribution is 2.24. The molecule has 28 heavy (non-hydrogen) atoms. The third kappa shape index (κ3) is 3.97. The molecule has 0 saturated heterocycles. The molecule has 3 aromatic rings. The molecule has 1 aromatic carbocycles. The molecule has 0 saturated carbocycles. The van der Waals surface area contributed by atoms with E-state index < -0.39 is 16.1 Å². The lowest BCUT2D eigenvalue weighted by Crippen LogP contribution is -2.27. The van der Waals surface area contributed by atoms with Gasteiger partial charge in [-0.3, -0.25) is 9.36 Å². The minimum absolute atomic E-state index is 0.157. The standard InChI is InChI=1S/C20H21ClN4O2S/c1-12(24-28(27)20(2,3)4)16-17-14(11-15(21)22-16)19(26)25(5)18(23-17)13-9-7-6-8-10-13/h6-11H,1-5H3/t28-/m1/s1. The van der Waals surface area contributed by atoms with E-state index in [1.54, 1.807) is 14.0 Å². The lowest BCUT2D eigenvalue weighted by atomic mass is 10.1. The fourth-order valence-electron chi connectivity index (χ4n) is 2.64. The van der Waals surface area contributed by atoms with Gasteiger partial charge in [-0.15, -0.1) is 0 Å². The molecule has 0 aliphatic carbocycles. The Kier molecular flexibility index (Phi) is 5.61. The van der Waals surface area contributed by atoms with Crippen LogP contribution in [0.2, 0.25) is 5.15 Å². The van der Waals surface area contributed by atoms with E-state index in [-0.39, 0.29) is 10.7 Å². The highest BCUT2D eigenvalue weighted by molar-refractivity contribution is 7.91. The molecule has 2 heterocycles. The summed E-state index contributed by atoms with van der Waals surface area (Å²) in [5.41, 5.74) is 1.73. The molecule has 6 nitrogen and oxygen atoms in total. The van der Waals surface area contributed by atoms with Crippen LogP contribution in [0, 0.1) is 0 Å². The Morgan fingerprint density at radius 2 is 1.86 bits per heavy atom. The first-order valence-electron chi connectivity index (χ1n) is 8.70. The Morgan fingerprint density at radius 1 is 1.21 bits per heavy atom. The van der Waals surface area contributed by atoms with E-state index in [1.165, 1.54) is 10.6 Å². The van der Waals surface area contributed by atoms with Crippen molar-refractivity contribution in [3.05, 3.63) is 57.6 Å². The second kappa shape index (κ2) is 7.66. The summed E-state index contributed by atoms with van der Waals surface area (Å²) in [6.07, 6.45) is 0. The molecular formula is C20H21ClN4O2S. The van der Waals surface area contributed by atoms with Crippen LogP contribution in [-0.4, -0.2) is 29.5 Å². The van der Waals surface area contributed by atoms with Gasteiger partial charge >= 0.3 is 0 Å². The molecule has 0 aliphatic heterocycles. The molecule has 0 bridgehead atoms. The number of aromatic nitrogens is 3. The first-order valence-corrected chi connectivity index (χ1v) is 10.2. The predicted molar refractivity (Wildman–Crippen MR) is 115 cm³/mol. The smallest absolute Gasteiger partial charge is 0.261 e. The van der Waals surface area contributed by atoms with Gasteiger partial charge in [0.25, 0.3) is 5.56 Å². The van der Waals surface area contributed by atoms with Crippen LogP contribution in [0.3, 0.4) is 0 Å². The van der Waals surface area contributed by atoms with E-state index in [1.807, 2.05) is 51.1 Å². The van der Waals surface area contributed by atoms with Crippen LogP contribution >= 0.6 is 11.6 Å². The van der Waals surface area contributed by atoms with E-state index in [9.17, 15) is 9.35 Å². The van der Waals surface area contributed by atoms with Crippen LogP contribution in [-0.2, 0) is 18.4 Å². The molecule has 3 rings (SSSR count). The van der Waals surface area contributed by atoms with Crippen molar-refractivity contribution in [2.45, 2.75) is 32.4 Å². The number of hydrogen-bond donors (Lipinski definition) is 0. The maximum absolute atomic E-state index is 13.0. The fraction of sp³-hybridized carbons (Fsp3) is 0.300. The number of fused-ring (bicyclic) bond motifs is 1. The summed E-state index contributed by atoms with van der Waals surface area (Å²) in [4.78, 5) is 22.0. The molecule has 0 aliphatic rings.